The normalized spacial score (nSPS) is 13.5. The van der Waals surface area contributed by atoms with Gasteiger partial charge in [0.2, 0.25) is 0 Å². The molecule has 0 heterocycles. The van der Waals surface area contributed by atoms with Gasteiger partial charge in [0, 0.05) is 0 Å². The topological polar surface area (TPSA) is 52.3 Å². The molecule has 0 aliphatic heterocycles. The molecule has 2 N–H and O–H groups in total. The van der Waals surface area contributed by atoms with Crippen molar-refractivity contribution in [2.75, 3.05) is 6.61 Å². The largest absolute Gasteiger partial charge is 0.465 e. The van der Waals surface area contributed by atoms with Gasteiger partial charge in [-0.15, -0.1) is 0 Å². The SMILES string of the molecule is CC(C)CCOC(=O)C(N)C(C)C. The molecule has 0 aliphatic rings. The lowest BCUT2D eigenvalue weighted by atomic mass is 10.1. The van der Waals surface area contributed by atoms with E-state index < -0.39 is 6.04 Å². The van der Waals surface area contributed by atoms with Gasteiger partial charge in [0.25, 0.3) is 0 Å². The van der Waals surface area contributed by atoms with Crippen LogP contribution in [-0.4, -0.2) is 18.6 Å². The number of rotatable bonds is 5. The molecule has 0 aliphatic carbocycles. The molecule has 1 unspecified atom stereocenters. The fraction of sp³-hybridized carbons (Fsp3) is 0.900. The van der Waals surface area contributed by atoms with E-state index in [4.69, 9.17) is 10.5 Å². The molecular formula is C10H21NO2. The van der Waals surface area contributed by atoms with Crippen molar-refractivity contribution in [3.8, 4) is 0 Å². The number of hydrogen-bond acceptors (Lipinski definition) is 3. The number of nitrogens with two attached hydrogens (primary N) is 1. The van der Waals surface area contributed by atoms with Gasteiger partial charge in [-0.3, -0.25) is 4.79 Å². The molecule has 1 atom stereocenters. The molecule has 0 saturated carbocycles. The second kappa shape index (κ2) is 5.97. The van der Waals surface area contributed by atoms with E-state index in [-0.39, 0.29) is 11.9 Å². The third-order valence-electron chi connectivity index (χ3n) is 1.93. The molecule has 0 radical (unpaired) electrons. The third-order valence-corrected chi connectivity index (χ3v) is 1.93. The summed E-state index contributed by atoms with van der Waals surface area (Å²) in [7, 11) is 0. The molecule has 0 rings (SSSR count). The summed E-state index contributed by atoms with van der Waals surface area (Å²) in [4.78, 5) is 11.2. The highest BCUT2D eigenvalue weighted by Gasteiger charge is 2.18. The van der Waals surface area contributed by atoms with Gasteiger partial charge in [-0.05, 0) is 18.3 Å². The zero-order chi connectivity index (χ0) is 10.4. The van der Waals surface area contributed by atoms with Crippen LogP contribution in [0.15, 0.2) is 0 Å². The Hall–Kier alpha value is -0.570. The number of esters is 1. The Kier molecular flexibility index (Phi) is 5.71. The molecule has 3 heteroatoms. The van der Waals surface area contributed by atoms with Crippen molar-refractivity contribution in [2.45, 2.75) is 40.2 Å². The first-order valence-electron chi connectivity index (χ1n) is 4.87. The minimum Gasteiger partial charge on any atom is -0.465 e. The molecule has 0 aromatic heterocycles. The summed E-state index contributed by atoms with van der Waals surface area (Å²) in [6, 6.07) is -0.479. The monoisotopic (exact) mass is 187 g/mol. The molecule has 3 nitrogen and oxygen atoms in total. The molecule has 0 aromatic carbocycles. The molecule has 0 aromatic rings. The first-order valence-corrected chi connectivity index (χ1v) is 4.87. The highest BCUT2D eigenvalue weighted by Crippen LogP contribution is 2.03. The highest BCUT2D eigenvalue weighted by molar-refractivity contribution is 5.75. The number of carbonyl (C=O) groups excluding carboxylic acids is 1. The lowest BCUT2D eigenvalue weighted by Gasteiger charge is -2.14. The summed E-state index contributed by atoms with van der Waals surface area (Å²) in [6.07, 6.45) is 0.899. The summed E-state index contributed by atoms with van der Waals surface area (Å²) >= 11 is 0. The maximum atomic E-state index is 11.2. The van der Waals surface area contributed by atoms with Gasteiger partial charge in [0.1, 0.15) is 6.04 Å². The zero-order valence-electron chi connectivity index (χ0n) is 9.04. The summed E-state index contributed by atoms with van der Waals surface area (Å²) < 4.78 is 5.01. The number of carbonyl (C=O) groups is 1. The minimum atomic E-state index is -0.479. The quantitative estimate of drug-likeness (QED) is 0.664. The summed E-state index contributed by atoms with van der Waals surface area (Å²) in [5.74, 6) is 0.422. The van der Waals surface area contributed by atoms with Crippen molar-refractivity contribution < 1.29 is 9.53 Å². The van der Waals surface area contributed by atoms with Crippen molar-refractivity contribution in [3.05, 3.63) is 0 Å². The molecule has 78 valence electrons. The van der Waals surface area contributed by atoms with Crippen LogP contribution >= 0.6 is 0 Å². The van der Waals surface area contributed by atoms with E-state index in [0.29, 0.717) is 12.5 Å². The van der Waals surface area contributed by atoms with Gasteiger partial charge in [-0.25, -0.2) is 0 Å². The summed E-state index contributed by atoms with van der Waals surface area (Å²) in [5, 5.41) is 0. The van der Waals surface area contributed by atoms with Crippen molar-refractivity contribution in [3.63, 3.8) is 0 Å². The van der Waals surface area contributed by atoms with E-state index in [0.717, 1.165) is 6.42 Å². The van der Waals surface area contributed by atoms with Gasteiger partial charge < -0.3 is 10.5 Å². The Morgan fingerprint density at radius 2 is 1.85 bits per heavy atom. The maximum absolute atomic E-state index is 11.2. The Bertz CT molecular complexity index is 155. The molecular weight excluding hydrogens is 166 g/mol. The van der Waals surface area contributed by atoms with Gasteiger partial charge in [0.15, 0.2) is 0 Å². The van der Waals surface area contributed by atoms with E-state index in [9.17, 15) is 4.79 Å². The number of hydrogen-bond donors (Lipinski definition) is 1. The van der Waals surface area contributed by atoms with Crippen molar-refractivity contribution in [1.29, 1.82) is 0 Å². The summed E-state index contributed by atoms with van der Waals surface area (Å²) in [5.41, 5.74) is 5.60. The first kappa shape index (κ1) is 12.4. The van der Waals surface area contributed by atoms with Crippen molar-refractivity contribution in [1.82, 2.24) is 0 Å². The molecule has 0 amide bonds. The average Bonchev–Trinajstić information content (AvgIpc) is 2.02. The third kappa shape index (κ3) is 5.64. The van der Waals surface area contributed by atoms with Gasteiger partial charge >= 0.3 is 5.97 Å². The summed E-state index contributed by atoms with van der Waals surface area (Å²) in [6.45, 7) is 8.49. The Morgan fingerprint density at radius 1 is 1.31 bits per heavy atom. The van der Waals surface area contributed by atoms with Crippen molar-refractivity contribution in [2.24, 2.45) is 17.6 Å². The van der Waals surface area contributed by atoms with E-state index in [1.54, 1.807) is 0 Å². The van der Waals surface area contributed by atoms with E-state index in [1.807, 2.05) is 13.8 Å². The molecule has 0 fully saturated rings. The number of ether oxygens (including phenoxy) is 1. The Balaban J connectivity index is 3.62. The molecule has 0 spiro atoms. The van der Waals surface area contributed by atoms with Crippen LogP contribution < -0.4 is 5.73 Å². The Morgan fingerprint density at radius 3 is 2.23 bits per heavy atom. The second-order valence-electron chi connectivity index (χ2n) is 4.12. The van der Waals surface area contributed by atoms with Crippen LogP contribution in [-0.2, 0) is 9.53 Å². The van der Waals surface area contributed by atoms with Crippen LogP contribution in [0.2, 0.25) is 0 Å². The minimum absolute atomic E-state index is 0.145. The lowest BCUT2D eigenvalue weighted by molar-refractivity contribution is -0.146. The van der Waals surface area contributed by atoms with Crippen LogP contribution in [0.25, 0.3) is 0 Å². The van der Waals surface area contributed by atoms with Crippen LogP contribution in [0, 0.1) is 11.8 Å². The molecule has 0 saturated heterocycles. The lowest BCUT2D eigenvalue weighted by Crippen LogP contribution is -2.37. The fourth-order valence-corrected chi connectivity index (χ4v) is 0.764. The average molecular weight is 187 g/mol. The highest BCUT2D eigenvalue weighted by atomic mass is 16.5. The van der Waals surface area contributed by atoms with Crippen LogP contribution in [0.1, 0.15) is 34.1 Å². The first-order chi connectivity index (χ1) is 5.95. The predicted octanol–water partition coefficient (Wildman–Crippen LogP) is 1.56. The smallest absolute Gasteiger partial charge is 0.323 e. The van der Waals surface area contributed by atoms with Crippen LogP contribution in [0.5, 0.6) is 0 Å². The second-order valence-corrected chi connectivity index (χ2v) is 4.12. The van der Waals surface area contributed by atoms with E-state index in [2.05, 4.69) is 13.8 Å². The van der Waals surface area contributed by atoms with E-state index >= 15 is 0 Å². The van der Waals surface area contributed by atoms with Crippen LogP contribution in [0.4, 0.5) is 0 Å². The molecule has 13 heavy (non-hydrogen) atoms. The Labute approximate surface area is 80.6 Å². The van der Waals surface area contributed by atoms with Crippen molar-refractivity contribution >= 4 is 5.97 Å². The fourth-order valence-electron chi connectivity index (χ4n) is 0.764. The maximum Gasteiger partial charge on any atom is 0.323 e. The molecule has 0 bridgehead atoms. The van der Waals surface area contributed by atoms with Gasteiger partial charge in [0.05, 0.1) is 6.61 Å². The van der Waals surface area contributed by atoms with Crippen LogP contribution in [0.3, 0.4) is 0 Å². The predicted molar refractivity (Wildman–Crippen MR) is 53.2 cm³/mol. The van der Waals surface area contributed by atoms with Gasteiger partial charge in [-0.1, -0.05) is 27.7 Å². The zero-order valence-corrected chi connectivity index (χ0v) is 9.04. The van der Waals surface area contributed by atoms with E-state index in [1.165, 1.54) is 0 Å². The standard InChI is InChI=1S/C10H21NO2/c1-7(2)5-6-13-10(12)9(11)8(3)4/h7-9H,5-6,11H2,1-4H3. The van der Waals surface area contributed by atoms with Gasteiger partial charge in [-0.2, -0.15) is 0 Å².